The summed E-state index contributed by atoms with van der Waals surface area (Å²) < 4.78 is 10.5. The Morgan fingerprint density at radius 2 is 1.88 bits per heavy atom. The molecule has 0 heterocycles. The molecule has 1 aromatic rings. The molecule has 0 atom stereocenters. The Kier molecular flexibility index (Phi) is 5.57. The van der Waals surface area contributed by atoms with Gasteiger partial charge < -0.3 is 9.47 Å². The van der Waals surface area contributed by atoms with Crippen molar-refractivity contribution in [2.75, 3.05) is 19.8 Å². The maximum Gasteiger partial charge on any atom is 0.188 e. The lowest BCUT2D eigenvalue weighted by Crippen LogP contribution is -2.09. The van der Waals surface area contributed by atoms with E-state index < -0.39 is 0 Å². The zero-order valence-electron chi connectivity index (χ0n) is 9.86. The van der Waals surface area contributed by atoms with Gasteiger partial charge in [-0.05, 0) is 37.6 Å². The van der Waals surface area contributed by atoms with Gasteiger partial charge in [-0.3, -0.25) is 4.79 Å². The minimum atomic E-state index is 0.0106. The van der Waals surface area contributed by atoms with Gasteiger partial charge in [0.15, 0.2) is 5.78 Å². The third-order valence-electron chi connectivity index (χ3n) is 2.07. The largest absolute Gasteiger partial charge is 0.494 e. The van der Waals surface area contributed by atoms with Crippen LogP contribution in [0.3, 0.4) is 0 Å². The lowest BCUT2D eigenvalue weighted by Gasteiger charge is -2.05. The van der Waals surface area contributed by atoms with Crippen molar-refractivity contribution in [3.8, 4) is 5.75 Å². The topological polar surface area (TPSA) is 35.5 Å². The molecule has 1 aromatic carbocycles. The average molecular weight is 222 g/mol. The Morgan fingerprint density at radius 3 is 2.44 bits per heavy atom. The smallest absolute Gasteiger partial charge is 0.188 e. The van der Waals surface area contributed by atoms with E-state index in [2.05, 4.69) is 0 Å². The zero-order valence-corrected chi connectivity index (χ0v) is 9.86. The summed E-state index contributed by atoms with van der Waals surface area (Å²) in [7, 11) is 0. The van der Waals surface area contributed by atoms with Crippen LogP contribution in [0.2, 0.25) is 0 Å². The molecule has 0 unspecified atom stereocenters. The normalized spacial score (nSPS) is 10.1. The van der Waals surface area contributed by atoms with Gasteiger partial charge in [-0.2, -0.15) is 0 Å². The van der Waals surface area contributed by atoms with E-state index in [1.807, 2.05) is 13.8 Å². The molecule has 88 valence electrons. The second-order valence-electron chi connectivity index (χ2n) is 3.43. The summed E-state index contributed by atoms with van der Waals surface area (Å²) in [5, 5.41) is 0. The first kappa shape index (κ1) is 12.7. The third-order valence-corrected chi connectivity index (χ3v) is 2.07. The fourth-order valence-corrected chi connectivity index (χ4v) is 1.30. The van der Waals surface area contributed by atoms with Gasteiger partial charge in [0.25, 0.3) is 0 Å². The van der Waals surface area contributed by atoms with Crippen molar-refractivity contribution < 1.29 is 14.3 Å². The standard InChI is InChI=1S/C13H18O3/c1-3-9-15-10-13(14)11-5-7-12(8-6-11)16-4-2/h5-8H,3-4,9-10H2,1-2H3. The van der Waals surface area contributed by atoms with E-state index in [4.69, 9.17) is 9.47 Å². The lowest BCUT2D eigenvalue weighted by atomic mass is 10.1. The van der Waals surface area contributed by atoms with Gasteiger partial charge in [-0.1, -0.05) is 6.92 Å². The molecular weight excluding hydrogens is 204 g/mol. The molecule has 16 heavy (non-hydrogen) atoms. The van der Waals surface area contributed by atoms with Crippen molar-refractivity contribution in [2.24, 2.45) is 0 Å². The summed E-state index contributed by atoms with van der Waals surface area (Å²) in [5.74, 6) is 0.796. The fourth-order valence-electron chi connectivity index (χ4n) is 1.30. The minimum Gasteiger partial charge on any atom is -0.494 e. The molecule has 0 radical (unpaired) electrons. The third kappa shape index (κ3) is 4.03. The quantitative estimate of drug-likeness (QED) is 0.525. The monoisotopic (exact) mass is 222 g/mol. The molecule has 1 rings (SSSR count). The first-order chi connectivity index (χ1) is 7.77. The maximum atomic E-state index is 11.6. The SMILES string of the molecule is CCCOCC(=O)c1ccc(OCC)cc1. The van der Waals surface area contributed by atoms with Crippen molar-refractivity contribution >= 4 is 5.78 Å². The van der Waals surface area contributed by atoms with E-state index in [-0.39, 0.29) is 12.4 Å². The summed E-state index contributed by atoms with van der Waals surface area (Å²) in [6.45, 7) is 5.36. The van der Waals surface area contributed by atoms with Crippen LogP contribution in [0.1, 0.15) is 30.6 Å². The Hall–Kier alpha value is -1.35. The van der Waals surface area contributed by atoms with Crippen LogP contribution in [0.15, 0.2) is 24.3 Å². The summed E-state index contributed by atoms with van der Waals surface area (Å²) in [6.07, 6.45) is 0.927. The number of benzene rings is 1. The van der Waals surface area contributed by atoms with Crippen LogP contribution in [-0.4, -0.2) is 25.6 Å². The van der Waals surface area contributed by atoms with Crippen molar-refractivity contribution in [3.63, 3.8) is 0 Å². The second-order valence-corrected chi connectivity index (χ2v) is 3.43. The molecule has 0 saturated carbocycles. The number of ketones is 1. The van der Waals surface area contributed by atoms with Crippen LogP contribution in [0, 0.1) is 0 Å². The molecule has 0 saturated heterocycles. The first-order valence-corrected chi connectivity index (χ1v) is 5.61. The Labute approximate surface area is 96.4 Å². The van der Waals surface area contributed by atoms with E-state index in [0.717, 1.165) is 12.2 Å². The maximum absolute atomic E-state index is 11.6. The summed E-state index contributed by atoms with van der Waals surface area (Å²) in [5.41, 5.74) is 0.666. The molecule has 0 bridgehead atoms. The molecule has 0 N–H and O–H groups in total. The Morgan fingerprint density at radius 1 is 1.19 bits per heavy atom. The number of hydrogen-bond acceptors (Lipinski definition) is 3. The number of rotatable bonds is 7. The van der Waals surface area contributed by atoms with E-state index in [1.54, 1.807) is 24.3 Å². The molecule has 0 fully saturated rings. The van der Waals surface area contributed by atoms with Gasteiger partial charge in [-0.25, -0.2) is 0 Å². The number of carbonyl (C=O) groups excluding carboxylic acids is 1. The van der Waals surface area contributed by atoms with Crippen LogP contribution >= 0.6 is 0 Å². The highest BCUT2D eigenvalue weighted by Crippen LogP contribution is 2.12. The van der Waals surface area contributed by atoms with E-state index in [0.29, 0.717) is 18.8 Å². The Bertz CT molecular complexity index is 316. The van der Waals surface area contributed by atoms with Gasteiger partial charge in [0.1, 0.15) is 12.4 Å². The molecule has 3 heteroatoms. The molecule has 0 aromatic heterocycles. The summed E-state index contributed by atoms with van der Waals surface area (Å²) in [4.78, 5) is 11.6. The molecular formula is C13H18O3. The number of Topliss-reactive ketones (excluding diaryl/α,β-unsaturated/α-hetero) is 1. The Balaban J connectivity index is 2.49. The second kappa shape index (κ2) is 7.01. The molecule has 0 aliphatic carbocycles. The zero-order chi connectivity index (χ0) is 11.8. The van der Waals surface area contributed by atoms with Crippen molar-refractivity contribution in [1.29, 1.82) is 0 Å². The number of carbonyl (C=O) groups is 1. The first-order valence-electron chi connectivity index (χ1n) is 5.61. The number of ether oxygens (including phenoxy) is 2. The van der Waals surface area contributed by atoms with Crippen molar-refractivity contribution in [3.05, 3.63) is 29.8 Å². The predicted molar refractivity (Wildman–Crippen MR) is 63.1 cm³/mol. The molecule has 0 aliphatic rings. The van der Waals surface area contributed by atoms with Crippen LogP contribution < -0.4 is 4.74 Å². The molecule has 0 spiro atoms. The molecule has 0 aliphatic heterocycles. The van der Waals surface area contributed by atoms with Crippen LogP contribution in [0.4, 0.5) is 0 Å². The van der Waals surface area contributed by atoms with Gasteiger partial charge in [-0.15, -0.1) is 0 Å². The van der Waals surface area contributed by atoms with E-state index in [9.17, 15) is 4.79 Å². The average Bonchev–Trinajstić information content (AvgIpc) is 2.30. The van der Waals surface area contributed by atoms with Gasteiger partial charge >= 0.3 is 0 Å². The van der Waals surface area contributed by atoms with Gasteiger partial charge in [0.2, 0.25) is 0 Å². The van der Waals surface area contributed by atoms with Crippen LogP contribution in [0.25, 0.3) is 0 Å². The highest BCUT2D eigenvalue weighted by Gasteiger charge is 2.05. The van der Waals surface area contributed by atoms with Crippen molar-refractivity contribution in [1.82, 2.24) is 0 Å². The minimum absolute atomic E-state index is 0.0106. The van der Waals surface area contributed by atoms with Gasteiger partial charge in [0.05, 0.1) is 6.61 Å². The fraction of sp³-hybridized carbons (Fsp3) is 0.462. The van der Waals surface area contributed by atoms with Crippen LogP contribution in [-0.2, 0) is 4.74 Å². The number of hydrogen-bond donors (Lipinski definition) is 0. The van der Waals surface area contributed by atoms with Gasteiger partial charge in [0, 0.05) is 12.2 Å². The predicted octanol–water partition coefficient (Wildman–Crippen LogP) is 2.69. The van der Waals surface area contributed by atoms with Crippen molar-refractivity contribution in [2.45, 2.75) is 20.3 Å². The summed E-state index contributed by atoms with van der Waals surface area (Å²) >= 11 is 0. The van der Waals surface area contributed by atoms with Crippen LogP contribution in [0.5, 0.6) is 5.75 Å². The highest BCUT2D eigenvalue weighted by molar-refractivity contribution is 5.97. The van der Waals surface area contributed by atoms with E-state index >= 15 is 0 Å². The highest BCUT2D eigenvalue weighted by atomic mass is 16.5. The lowest BCUT2D eigenvalue weighted by molar-refractivity contribution is 0.0761. The molecule has 3 nitrogen and oxygen atoms in total. The molecule has 0 amide bonds. The summed E-state index contributed by atoms with van der Waals surface area (Å²) in [6, 6.07) is 7.14. The van der Waals surface area contributed by atoms with E-state index in [1.165, 1.54) is 0 Å².